The third-order valence-electron chi connectivity index (χ3n) is 1.23. The maximum atomic E-state index is 8.84. The van der Waals surface area contributed by atoms with Crippen LogP contribution in [-0.2, 0) is 7.05 Å². The molecule has 0 aliphatic heterocycles. The Hall–Kier alpha value is -1.27. The number of rotatable bonds is 0. The van der Waals surface area contributed by atoms with E-state index in [1.165, 1.54) is 0 Å². The van der Waals surface area contributed by atoms with E-state index in [1.807, 2.05) is 7.05 Å². The number of aromatic nitrogens is 2. The van der Waals surface area contributed by atoms with Crippen molar-refractivity contribution in [2.75, 3.05) is 0 Å². The molecule has 1 atom stereocenters. The van der Waals surface area contributed by atoms with Crippen molar-refractivity contribution in [2.45, 2.75) is 13.0 Å². The molecule has 0 saturated heterocycles. The van der Waals surface area contributed by atoms with Crippen LogP contribution in [0.15, 0.2) is 12.5 Å². The molecule has 1 aromatic rings. The molecule has 1 heterocycles. The van der Waals surface area contributed by atoms with Crippen molar-refractivity contribution in [3.05, 3.63) is 18.2 Å². The van der Waals surface area contributed by atoms with E-state index in [0.29, 0.717) is 0 Å². The largest absolute Gasteiger partial charge is 0.381 e. The smallest absolute Gasteiger partial charge is 0.112 e. The lowest BCUT2D eigenvalue weighted by Crippen LogP contribution is -1.94. The summed E-state index contributed by atoms with van der Waals surface area (Å²) >= 11 is 0. The second kappa shape index (κ2) is 3.22. The molecule has 0 aromatic carbocycles. The van der Waals surface area contributed by atoms with Crippen molar-refractivity contribution >= 4 is 0 Å². The van der Waals surface area contributed by atoms with Crippen LogP contribution in [0.25, 0.3) is 0 Å². The molecule has 58 valence electrons. The van der Waals surface area contributed by atoms with Crippen LogP contribution in [0.2, 0.25) is 0 Å². The summed E-state index contributed by atoms with van der Waals surface area (Å²) < 4.78 is 1.80. The number of hydrogen-bond donors (Lipinski definition) is 1. The van der Waals surface area contributed by atoms with Gasteiger partial charge in [-0.3, -0.25) is 0 Å². The second-order valence-corrected chi connectivity index (χ2v) is 2.34. The van der Waals surface area contributed by atoms with E-state index in [-0.39, 0.29) is 0 Å². The molecule has 1 unspecified atom stereocenters. The van der Waals surface area contributed by atoms with Gasteiger partial charge in [0.05, 0.1) is 12.5 Å². The molecule has 0 saturated carbocycles. The standard InChI is InChI=1S/C8H10N2O/c1-7(11)3-4-8-5-9-6-10(8)2/h5-7,11H,1-2H3. The van der Waals surface area contributed by atoms with E-state index < -0.39 is 6.10 Å². The fourth-order valence-electron chi connectivity index (χ4n) is 0.656. The predicted octanol–water partition coefficient (Wildman–Crippen LogP) is 0.152. The molecule has 0 fully saturated rings. The lowest BCUT2D eigenvalue weighted by Gasteiger charge is -1.90. The molecule has 1 N–H and O–H groups in total. The zero-order valence-corrected chi connectivity index (χ0v) is 6.57. The highest BCUT2D eigenvalue weighted by atomic mass is 16.3. The number of nitrogens with zero attached hydrogens (tertiary/aromatic N) is 2. The van der Waals surface area contributed by atoms with Crippen molar-refractivity contribution in [3.63, 3.8) is 0 Å². The number of aliphatic hydroxyl groups excluding tert-OH is 1. The summed E-state index contributed by atoms with van der Waals surface area (Å²) in [6, 6.07) is 0. The van der Waals surface area contributed by atoms with Crippen LogP contribution in [0.1, 0.15) is 12.6 Å². The maximum Gasteiger partial charge on any atom is 0.112 e. The quantitative estimate of drug-likeness (QED) is 0.535. The highest BCUT2D eigenvalue weighted by Gasteiger charge is 1.91. The SMILES string of the molecule is CC(O)C#Cc1cncn1C. The third kappa shape index (κ3) is 2.10. The number of imidazole rings is 1. The van der Waals surface area contributed by atoms with Crippen LogP contribution in [0.5, 0.6) is 0 Å². The van der Waals surface area contributed by atoms with Crippen molar-refractivity contribution in [3.8, 4) is 11.8 Å². The Kier molecular flexibility index (Phi) is 2.29. The van der Waals surface area contributed by atoms with Crippen molar-refractivity contribution in [1.29, 1.82) is 0 Å². The van der Waals surface area contributed by atoms with Gasteiger partial charge in [0.2, 0.25) is 0 Å². The molecule has 1 aromatic heterocycles. The van der Waals surface area contributed by atoms with Gasteiger partial charge >= 0.3 is 0 Å². The average Bonchev–Trinajstić information content (AvgIpc) is 2.31. The average molecular weight is 150 g/mol. The fourth-order valence-corrected chi connectivity index (χ4v) is 0.656. The normalized spacial score (nSPS) is 11.9. The van der Waals surface area contributed by atoms with E-state index in [0.717, 1.165) is 5.69 Å². The van der Waals surface area contributed by atoms with Gasteiger partial charge in [0.1, 0.15) is 11.8 Å². The molecule has 0 radical (unpaired) electrons. The van der Waals surface area contributed by atoms with Crippen LogP contribution >= 0.6 is 0 Å². The van der Waals surface area contributed by atoms with Crippen molar-refractivity contribution in [2.24, 2.45) is 7.05 Å². The lowest BCUT2D eigenvalue weighted by atomic mass is 10.4. The summed E-state index contributed by atoms with van der Waals surface area (Å²) in [7, 11) is 1.86. The Morgan fingerprint density at radius 1 is 1.73 bits per heavy atom. The summed E-state index contributed by atoms with van der Waals surface area (Å²) in [5.41, 5.74) is 0.811. The van der Waals surface area contributed by atoms with Crippen LogP contribution in [0, 0.1) is 11.8 Å². The molecule has 0 amide bonds. The second-order valence-electron chi connectivity index (χ2n) is 2.34. The Morgan fingerprint density at radius 3 is 2.91 bits per heavy atom. The highest BCUT2D eigenvalue weighted by Crippen LogP contribution is 1.92. The maximum absolute atomic E-state index is 8.84. The van der Waals surface area contributed by atoms with E-state index in [1.54, 1.807) is 24.0 Å². The molecular weight excluding hydrogens is 140 g/mol. The summed E-state index contributed by atoms with van der Waals surface area (Å²) in [6.07, 6.45) is 2.76. The molecule has 11 heavy (non-hydrogen) atoms. The molecule has 1 rings (SSSR count). The Morgan fingerprint density at radius 2 is 2.45 bits per heavy atom. The van der Waals surface area contributed by atoms with E-state index in [4.69, 9.17) is 5.11 Å². The summed E-state index contributed by atoms with van der Waals surface area (Å²) in [5.74, 6) is 5.43. The first kappa shape index (κ1) is 7.83. The van der Waals surface area contributed by atoms with Crippen LogP contribution in [-0.4, -0.2) is 20.8 Å². The van der Waals surface area contributed by atoms with Gasteiger partial charge in [-0.25, -0.2) is 4.98 Å². The van der Waals surface area contributed by atoms with E-state index in [2.05, 4.69) is 16.8 Å². The Labute approximate surface area is 65.7 Å². The third-order valence-corrected chi connectivity index (χ3v) is 1.23. The molecule has 3 heteroatoms. The first-order valence-electron chi connectivity index (χ1n) is 3.36. The molecule has 0 aliphatic carbocycles. The van der Waals surface area contributed by atoms with Crippen molar-refractivity contribution < 1.29 is 5.11 Å². The van der Waals surface area contributed by atoms with Crippen LogP contribution in [0.3, 0.4) is 0 Å². The van der Waals surface area contributed by atoms with E-state index >= 15 is 0 Å². The lowest BCUT2D eigenvalue weighted by molar-refractivity contribution is 0.253. The molecule has 3 nitrogen and oxygen atoms in total. The molecular formula is C8H10N2O. The monoisotopic (exact) mass is 150 g/mol. The zero-order valence-electron chi connectivity index (χ0n) is 6.57. The van der Waals surface area contributed by atoms with Gasteiger partial charge in [-0.2, -0.15) is 0 Å². The summed E-state index contributed by atoms with van der Waals surface area (Å²) in [4.78, 5) is 3.88. The zero-order chi connectivity index (χ0) is 8.27. The summed E-state index contributed by atoms with van der Waals surface area (Å²) in [5, 5.41) is 8.84. The van der Waals surface area contributed by atoms with Crippen LogP contribution < -0.4 is 0 Å². The van der Waals surface area contributed by atoms with Gasteiger partial charge in [0.25, 0.3) is 0 Å². The molecule has 0 bridgehead atoms. The molecule has 0 aliphatic rings. The minimum atomic E-state index is -0.579. The minimum Gasteiger partial charge on any atom is -0.381 e. The van der Waals surface area contributed by atoms with Gasteiger partial charge in [-0.15, -0.1) is 0 Å². The minimum absolute atomic E-state index is 0.579. The van der Waals surface area contributed by atoms with Gasteiger partial charge in [-0.05, 0) is 12.8 Å². The first-order valence-corrected chi connectivity index (χ1v) is 3.36. The van der Waals surface area contributed by atoms with Gasteiger partial charge in [-0.1, -0.05) is 5.92 Å². The first-order chi connectivity index (χ1) is 5.20. The Bertz CT molecular complexity index is 291. The Balaban J connectivity index is 2.81. The highest BCUT2D eigenvalue weighted by molar-refractivity contribution is 5.26. The van der Waals surface area contributed by atoms with Gasteiger partial charge in [0.15, 0.2) is 0 Å². The fraction of sp³-hybridized carbons (Fsp3) is 0.375. The number of hydrogen-bond acceptors (Lipinski definition) is 2. The van der Waals surface area contributed by atoms with Gasteiger partial charge in [0, 0.05) is 7.05 Å². The molecule has 0 spiro atoms. The number of aryl methyl sites for hydroxylation is 1. The van der Waals surface area contributed by atoms with E-state index in [9.17, 15) is 0 Å². The van der Waals surface area contributed by atoms with Crippen LogP contribution in [0.4, 0.5) is 0 Å². The summed E-state index contributed by atoms with van der Waals surface area (Å²) in [6.45, 7) is 1.63. The van der Waals surface area contributed by atoms with Gasteiger partial charge < -0.3 is 9.67 Å². The topological polar surface area (TPSA) is 38.1 Å². The number of aliphatic hydroxyl groups is 1. The van der Waals surface area contributed by atoms with Crippen molar-refractivity contribution in [1.82, 2.24) is 9.55 Å². The predicted molar refractivity (Wildman–Crippen MR) is 41.8 cm³/mol.